The van der Waals surface area contributed by atoms with Crippen molar-refractivity contribution in [1.29, 1.82) is 0 Å². The summed E-state index contributed by atoms with van der Waals surface area (Å²) < 4.78 is 70.5. The molecule has 12 heteroatoms. The van der Waals surface area contributed by atoms with Crippen LogP contribution >= 0.6 is 11.6 Å². The molecular weight excluding hydrogens is 449 g/mol. The van der Waals surface area contributed by atoms with Crippen LogP contribution in [0.1, 0.15) is 31.2 Å². The van der Waals surface area contributed by atoms with Crippen LogP contribution in [0.15, 0.2) is 23.1 Å². The molecule has 0 aromatic heterocycles. The van der Waals surface area contributed by atoms with E-state index >= 15 is 0 Å². The molecule has 1 aromatic carbocycles. The van der Waals surface area contributed by atoms with Gasteiger partial charge in [0.1, 0.15) is 0 Å². The lowest BCUT2D eigenvalue weighted by molar-refractivity contribution is -0.153. The lowest BCUT2D eigenvalue weighted by Gasteiger charge is -2.30. The number of rotatable bonds is 6. The smallest absolute Gasteiger partial charge is 0.417 e. The van der Waals surface area contributed by atoms with E-state index in [2.05, 4.69) is 5.32 Å². The average molecular weight is 469 g/mol. The van der Waals surface area contributed by atoms with Crippen LogP contribution in [0.2, 0.25) is 5.02 Å². The predicted molar refractivity (Wildman–Crippen MR) is 100 cm³/mol. The topological polar surface area (TPSA) is 92.8 Å². The highest BCUT2D eigenvalue weighted by Crippen LogP contribution is 2.36. The van der Waals surface area contributed by atoms with Crippen molar-refractivity contribution in [1.82, 2.24) is 9.62 Å². The molecule has 1 saturated carbocycles. The summed E-state index contributed by atoms with van der Waals surface area (Å²) in [6.07, 6.45) is -2.69. The maximum absolute atomic E-state index is 13.0. The molecular formula is C18H20ClF3N2O5S. The maximum Gasteiger partial charge on any atom is 0.417 e. The Morgan fingerprint density at radius 2 is 1.80 bits per heavy atom. The number of carbonyl (C=O) groups is 2. The molecule has 2 aliphatic rings. The molecule has 0 atom stereocenters. The molecule has 2 fully saturated rings. The van der Waals surface area contributed by atoms with E-state index in [-0.39, 0.29) is 37.9 Å². The van der Waals surface area contributed by atoms with Crippen molar-refractivity contribution in [3.8, 4) is 0 Å². The SMILES string of the molecule is O=C(COC(=O)C1CCN(S(=O)(=O)c2ccc(Cl)c(C(F)(F)F)c2)CC1)NC1CC1. The fourth-order valence-corrected chi connectivity index (χ4v) is 4.84. The minimum absolute atomic E-state index is 0.0552. The third-order valence-electron chi connectivity index (χ3n) is 4.96. The lowest BCUT2D eigenvalue weighted by atomic mass is 9.98. The first-order valence-corrected chi connectivity index (χ1v) is 11.1. The van der Waals surface area contributed by atoms with E-state index in [0.717, 1.165) is 29.3 Å². The second-order valence-corrected chi connectivity index (χ2v) is 9.61. The number of amides is 1. The number of carbonyl (C=O) groups excluding carboxylic acids is 2. The van der Waals surface area contributed by atoms with Gasteiger partial charge in [0.2, 0.25) is 10.0 Å². The summed E-state index contributed by atoms with van der Waals surface area (Å²) in [5.41, 5.74) is -1.23. The normalized spacial score (nSPS) is 18.8. The number of halogens is 4. The van der Waals surface area contributed by atoms with Gasteiger partial charge in [-0.15, -0.1) is 0 Å². The maximum atomic E-state index is 13.0. The number of esters is 1. The monoisotopic (exact) mass is 468 g/mol. The Hall–Kier alpha value is -1.85. The number of nitrogens with zero attached hydrogens (tertiary/aromatic N) is 1. The van der Waals surface area contributed by atoms with E-state index in [9.17, 15) is 31.2 Å². The highest BCUT2D eigenvalue weighted by atomic mass is 35.5. The van der Waals surface area contributed by atoms with E-state index in [1.807, 2.05) is 0 Å². The molecule has 7 nitrogen and oxygen atoms in total. The zero-order chi connectivity index (χ0) is 22.1. The van der Waals surface area contributed by atoms with Gasteiger partial charge in [-0.2, -0.15) is 17.5 Å². The molecule has 0 spiro atoms. The fraction of sp³-hybridized carbons (Fsp3) is 0.556. The Bertz CT molecular complexity index is 926. The Morgan fingerprint density at radius 3 is 2.37 bits per heavy atom. The van der Waals surface area contributed by atoms with Crippen LogP contribution in [0, 0.1) is 5.92 Å². The standard InChI is InChI=1S/C18H20ClF3N2O5S/c19-15-4-3-13(9-14(15)18(20,21)22)30(27,28)24-7-5-11(6-8-24)17(26)29-10-16(25)23-12-1-2-12/h3-4,9,11-12H,1-2,5-8,10H2,(H,23,25). The number of alkyl halides is 3. The molecule has 30 heavy (non-hydrogen) atoms. The number of hydrogen-bond acceptors (Lipinski definition) is 5. The highest BCUT2D eigenvalue weighted by Gasteiger charge is 2.37. The molecule has 3 rings (SSSR count). The van der Waals surface area contributed by atoms with Crippen molar-refractivity contribution < 1.29 is 35.9 Å². The van der Waals surface area contributed by atoms with Gasteiger partial charge in [0.05, 0.1) is 21.4 Å². The first-order chi connectivity index (χ1) is 14.0. The van der Waals surface area contributed by atoms with Crippen molar-refractivity contribution in [3.63, 3.8) is 0 Å². The average Bonchev–Trinajstić information content (AvgIpc) is 3.49. The second kappa shape index (κ2) is 8.72. The minimum Gasteiger partial charge on any atom is -0.455 e. The third-order valence-corrected chi connectivity index (χ3v) is 7.18. The molecule has 166 valence electrons. The molecule has 1 saturated heterocycles. The molecule has 0 radical (unpaired) electrons. The van der Waals surface area contributed by atoms with Gasteiger partial charge in [0.15, 0.2) is 6.61 Å². The van der Waals surface area contributed by atoms with Crippen LogP contribution in [0.4, 0.5) is 13.2 Å². The quantitative estimate of drug-likeness (QED) is 0.648. The minimum atomic E-state index is -4.79. The molecule has 1 heterocycles. The molecule has 1 N–H and O–H groups in total. The van der Waals surface area contributed by atoms with Crippen molar-refractivity contribution in [3.05, 3.63) is 28.8 Å². The van der Waals surface area contributed by atoms with Crippen LogP contribution in [0.25, 0.3) is 0 Å². The summed E-state index contributed by atoms with van der Waals surface area (Å²) in [7, 11) is -4.18. The number of benzene rings is 1. The van der Waals surface area contributed by atoms with Crippen molar-refractivity contribution >= 4 is 33.5 Å². The zero-order valence-electron chi connectivity index (χ0n) is 15.7. The van der Waals surface area contributed by atoms with Gasteiger partial charge in [0, 0.05) is 19.1 Å². The summed E-state index contributed by atoms with van der Waals surface area (Å²) in [6, 6.07) is 2.58. The zero-order valence-corrected chi connectivity index (χ0v) is 17.3. The third kappa shape index (κ3) is 5.44. The second-order valence-electron chi connectivity index (χ2n) is 7.27. The molecule has 1 amide bonds. The number of ether oxygens (including phenoxy) is 1. The van der Waals surface area contributed by atoms with Crippen LogP contribution in [-0.2, 0) is 30.5 Å². The van der Waals surface area contributed by atoms with E-state index < -0.39 is 50.2 Å². The first kappa shape index (κ1) is 22.8. The van der Waals surface area contributed by atoms with Gasteiger partial charge in [-0.3, -0.25) is 9.59 Å². The number of nitrogens with one attached hydrogen (secondary N) is 1. The van der Waals surface area contributed by atoms with Crippen molar-refractivity contribution in [2.45, 2.75) is 42.8 Å². The first-order valence-electron chi connectivity index (χ1n) is 9.31. The highest BCUT2D eigenvalue weighted by molar-refractivity contribution is 7.89. The summed E-state index contributed by atoms with van der Waals surface area (Å²) in [5, 5.41) is 2.09. The molecule has 0 unspecified atom stereocenters. The van der Waals surface area contributed by atoms with E-state index in [0.29, 0.717) is 6.07 Å². The summed E-state index contributed by atoms with van der Waals surface area (Å²) >= 11 is 5.55. The number of hydrogen-bond donors (Lipinski definition) is 1. The number of sulfonamides is 1. The van der Waals surface area contributed by atoms with E-state index in [4.69, 9.17) is 16.3 Å². The van der Waals surface area contributed by atoms with Crippen LogP contribution < -0.4 is 5.32 Å². The van der Waals surface area contributed by atoms with Crippen LogP contribution in [-0.4, -0.2) is 50.3 Å². The Morgan fingerprint density at radius 1 is 1.17 bits per heavy atom. The Kier molecular flexibility index (Phi) is 6.63. The Labute approximate surface area is 176 Å². The molecule has 0 bridgehead atoms. The van der Waals surface area contributed by atoms with Crippen molar-refractivity contribution in [2.24, 2.45) is 5.92 Å². The van der Waals surface area contributed by atoms with Gasteiger partial charge in [0.25, 0.3) is 5.91 Å². The van der Waals surface area contributed by atoms with Gasteiger partial charge in [-0.05, 0) is 43.9 Å². The summed E-state index contributed by atoms with van der Waals surface area (Å²) in [6.45, 7) is -0.500. The summed E-state index contributed by atoms with van der Waals surface area (Å²) in [5.74, 6) is -1.56. The van der Waals surface area contributed by atoms with Gasteiger partial charge < -0.3 is 10.1 Å². The van der Waals surface area contributed by atoms with Gasteiger partial charge >= 0.3 is 12.1 Å². The van der Waals surface area contributed by atoms with Crippen molar-refractivity contribution in [2.75, 3.05) is 19.7 Å². The van der Waals surface area contributed by atoms with E-state index in [1.165, 1.54) is 0 Å². The van der Waals surface area contributed by atoms with Gasteiger partial charge in [-0.1, -0.05) is 11.6 Å². The molecule has 1 aliphatic carbocycles. The fourth-order valence-electron chi connectivity index (χ4n) is 3.11. The van der Waals surface area contributed by atoms with Gasteiger partial charge in [-0.25, -0.2) is 8.42 Å². The molecule has 1 aliphatic heterocycles. The Balaban J connectivity index is 1.58. The van der Waals surface area contributed by atoms with Crippen LogP contribution in [0.3, 0.4) is 0 Å². The summed E-state index contributed by atoms with van der Waals surface area (Å²) in [4.78, 5) is 23.2. The van der Waals surface area contributed by atoms with Crippen LogP contribution in [0.5, 0.6) is 0 Å². The lowest BCUT2D eigenvalue weighted by Crippen LogP contribution is -2.41. The predicted octanol–water partition coefficient (Wildman–Crippen LogP) is 2.58. The largest absolute Gasteiger partial charge is 0.455 e. The number of piperidine rings is 1. The molecule has 1 aromatic rings. The van der Waals surface area contributed by atoms with E-state index in [1.54, 1.807) is 0 Å².